The highest BCUT2D eigenvalue weighted by Gasteiger charge is 2.01. The van der Waals surface area contributed by atoms with Crippen molar-refractivity contribution in [2.75, 3.05) is 6.61 Å². The molecule has 0 aliphatic carbocycles. The molecule has 0 saturated heterocycles. The van der Waals surface area contributed by atoms with Gasteiger partial charge in [0.1, 0.15) is 0 Å². The summed E-state index contributed by atoms with van der Waals surface area (Å²) in [6.07, 6.45) is 9.98. The molecule has 0 spiro atoms. The number of hydrogen-bond acceptors (Lipinski definition) is 2. The Morgan fingerprint density at radius 3 is 2.47 bits per heavy atom. The SMILES string of the molecule is CCCCCCCCC(C)OCCC#N. The number of ether oxygens (including phenoxy) is 1. The molecule has 88 valence electrons. The van der Waals surface area contributed by atoms with Crippen LogP contribution in [0.2, 0.25) is 0 Å². The Morgan fingerprint density at radius 2 is 1.80 bits per heavy atom. The molecule has 0 bridgehead atoms. The Hall–Kier alpha value is -0.550. The molecule has 0 aliphatic heterocycles. The first-order valence-corrected chi connectivity index (χ1v) is 6.29. The number of hydrogen-bond donors (Lipinski definition) is 0. The summed E-state index contributed by atoms with van der Waals surface area (Å²) in [4.78, 5) is 0. The van der Waals surface area contributed by atoms with Gasteiger partial charge in [0.05, 0.1) is 25.2 Å². The quantitative estimate of drug-likeness (QED) is 0.511. The largest absolute Gasteiger partial charge is 0.377 e. The van der Waals surface area contributed by atoms with Gasteiger partial charge in [-0.3, -0.25) is 0 Å². The predicted molar refractivity (Wildman–Crippen MR) is 63.6 cm³/mol. The summed E-state index contributed by atoms with van der Waals surface area (Å²) < 4.78 is 5.49. The van der Waals surface area contributed by atoms with Crippen LogP contribution in [0.3, 0.4) is 0 Å². The zero-order valence-electron chi connectivity index (χ0n) is 10.3. The third-order valence-electron chi connectivity index (χ3n) is 2.58. The molecule has 0 aromatic rings. The number of nitriles is 1. The van der Waals surface area contributed by atoms with E-state index in [0.717, 1.165) is 6.42 Å². The minimum atomic E-state index is 0.324. The molecule has 0 aromatic carbocycles. The molecular formula is C13H25NO. The van der Waals surface area contributed by atoms with Gasteiger partial charge in [0, 0.05) is 0 Å². The molecule has 0 rings (SSSR count). The fraction of sp³-hybridized carbons (Fsp3) is 0.923. The Morgan fingerprint density at radius 1 is 1.13 bits per heavy atom. The molecule has 0 N–H and O–H groups in total. The Bertz CT molecular complexity index is 162. The van der Waals surface area contributed by atoms with E-state index in [-0.39, 0.29) is 0 Å². The lowest BCUT2D eigenvalue weighted by atomic mass is 10.1. The van der Waals surface area contributed by atoms with E-state index < -0.39 is 0 Å². The Labute approximate surface area is 94.6 Å². The van der Waals surface area contributed by atoms with Gasteiger partial charge < -0.3 is 4.74 Å². The summed E-state index contributed by atoms with van der Waals surface area (Å²) in [5.74, 6) is 0. The van der Waals surface area contributed by atoms with Gasteiger partial charge >= 0.3 is 0 Å². The molecule has 0 saturated carbocycles. The summed E-state index contributed by atoms with van der Waals surface area (Å²) >= 11 is 0. The van der Waals surface area contributed by atoms with Crippen LogP contribution in [0, 0.1) is 11.3 Å². The fourth-order valence-corrected chi connectivity index (χ4v) is 1.60. The molecule has 2 nitrogen and oxygen atoms in total. The van der Waals surface area contributed by atoms with Gasteiger partial charge in [0.25, 0.3) is 0 Å². The molecule has 0 heterocycles. The molecule has 1 unspecified atom stereocenters. The maximum atomic E-state index is 8.35. The fourth-order valence-electron chi connectivity index (χ4n) is 1.60. The molecule has 1 atom stereocenters. The average molecular weight is 211 g/mol. The number of unbranched alkanes of at least 4 members (excludes halogenated alkanes) is 5. The summed E-state index contributed by atoms with van der Waals surface area (Å²) in [6, 6.07) is 2.09. The lowest BCUT2D eigenvalue weighted by Gasteiger charge is -2.11. The smallest absolute Gasteiger partial charge is 0.0645 e. The molecule has 0 fully saturated rings. The zero-order chi connectivity index (χ0) is 11.4. The van der Waals surface area contributed by atoms with Gasteiger partial charge in [-0.25, -0.2) is 0 Å². The summed E-state index contributed by atoms with van der Waals surface area (Å²) in [5.41, 5.74) is 0. The highest BCUT2D eigenvalue weighted by Crippen LogP contribution is 2.10. The Kier molecular flexibility index (Phi) is 11.1. The van der Waals surface area contributed by atoms with Crippen LogP contribution in [0.25, 0.3) is 0 Å². The normalized spacial score (nSPS) is 12.3. The second-order valence-corrected chi connectivity index (χ2v) is 4.15. The van der Waals surface area contributed by atoms with Crippen LogP contribution in [0.15, 0.2) is 0 Å². The van der Waals surface area contributed by atoms with Gasteiger partial charge in [-0.15, -0.1) is 0 Å². The van der Waals surface area contributed by atoms with Crippen LogP contribution in [0.5, 0.6) is 0 Å². The molecule has 15 heavy (non-hydrogen) atoms. The highest BCUT2D eigenvalue weighted by atomic mass is 16.5. The van der Waals surface area contributed by atoms with Crippen LogP contribution in [-0.4, -0.2) is 12.7 Å². The third kappa shape index (κ3) is 11.4. The van der Waals surface area contributed by atoms with Crippen LogP contribution >= 0.6 is 0 Å². The van der Waals surface area contributed by atoms with Crippen molar-refractivity contribution in [2.45, 2.75) is 71.3 Å². The van der Waals surface area contributed by atoms with Crippen molar-refractivity contribution in [3.63, 3.8) is 0 Å². The van der Waals surface area contributed by atoms with E-state index in [1.807, 2.05) is 0 Å². The number of rotatable bonds is 10. The lowest BCUT2D eigenvalue weighted by molar-refractivity contribution is 0.0625. The van der Waals surface area contributed by atoms with Crippen LogP contribution < -0.4 is 0 Å². The minimum absolute atomic E-state index is 0.324. The van der Waals surface area contributed by atoms with Crippen LogP contribution in [0.1, 0.15) is 65.2 Å². The topological polar surface area (TPSA) is 33.0 Å². The molecule has 2 heteroatoms. The first-order valence-electron chi connectivity index (χ1n) is 6.29. The maximum absolute atomic E-state index is 8.35. The van der Waals surface area contributed by atoms with E-state index in [1.54, 1.807) is 0 Å². The monoisotopic (exact) mass is 211 g/mol. The predicted octanol–water partition coefficient (Wildman–Crippen LogP) is 4.06. The summed E-state index contributed by atoms with van der Waals surface area (Å²) in [6.45, 7) is 4.93. The second kappa shape index (κ2) is 11.5. The third-order valence-corrected chi connectivity index (χ3v) is 2.58. The standard InChI is InChI=1S/C13H25NO/c1-3-4-5-6-7-8-10-13(2)15-12-9-11-14/h13H,3-10,12H2,1-2H3. The molecule has 0 aliphatic rings. The van der Waals surface area contributed by atoms with Crippen molar-refractivity contribution < 1.29 is 4.74 Å². The van der Waals surface area contributed by atoms with Crippen molar-refractivity contribution >= 4 is 0 Å². The summed E-state index contributed by atoms with van der Waals surface area (Å²) in [5, 5.41) is 8.35. The summed E-state index contributed by atoms with van der Waals surface area (Å²) in [7, 11) is 0. The first-order chi connectivity index (χ1) is 7.31. The first kappa shape index (κ1) is 14.5. The minimum Gasteiger partial charge on any atom is -0.377 e. The van der Waals surface area contributed by atoms with E-state index in [9.17, 15) is 0 Å². The molecule has 0 radical (unpaired) electrons. The van der Waals surface area contributed by atoms with Crippen molar-refractivity contribution in [1.29, 1.82) is 5.26 Å². The van der Waals surface area contributed by atoms with E-state index in [1.165, 1.54) is 38.5 Å². The van der Waals surface area contributed by atoms with Crippen LogP contribution in [-0.2, 0) is 4.74 Å². The average Bonchev–Trinajstić information content (AvgIpc) is 2.23. The zero-order valence-corrected chi connectivity index (χ0v) is 10.3. The van der Waals surface area contributed by atoms with E-state index >= 15 is 0 Å². The van der Waals surface area contributed by atoms with Crippen molar-refractivity contribution in [3.05, 3.63) is 0 Å². The number of nitrogens with zero attached hydrogens (tertiary/aromatic N) is 1. The van der Waals surface area contributed by atoms with Gasteiger partial charge in [0.2, 0.25) is 0 Å². The Balaban J connectivity index is 3.10. The maximum Gasteiger partial charge on any atom is 0.0645 e. The van der Waals surface area contributed by atoms with Crippen molar-refractivity contribution in [1.82, 2.24) is 0 Å². The van der Waals surface area contributed by atoms with E-state index in [2.05, 4.69) is 19.9 Å². The van der Waals surface area contributed by atoms with Crippen molar-refractivity contribution in [2.24, 2.45) is 0 Å². The highest BCUT2D eigenvalue weighted by molar-refractivity contribution is 4.67. The van der Waals surface area contributed by atoms with E-state index in [4.69, 9.17) is 10.00 Å². The molecular weight excluding hydrogens is 186 g/mol. The molecule has 0 amide bonds. The van der Waals surface area contributed by atoms with Gasteiger partial charge in [-0.05, 0) is 13.3 Å². The molecule has 0 aromatic heterocycles. The van der Waals surface area contributed by atoms with Gasteiger partial charge in [-0.2, -0.15) is 5.26 Å². The van der Waals surface area contributed by atoms with Crippen LogP contribution in [0.4, 0.5) is 0 Å². The second-order valence-electron chi connectivity index (χ2n) is 4.15. The lowest BCUT2D eigenvalue weighted by Crippen LogP contribution is -2.08. The van der Waals surface area contributed by atoms with Crippen molar-refractivity contribution in [3.8, 4) is 6.07 Å². The van der Waals surface area contributed by atoms with E-state index in [0.29, 0.717) is 19.1 Å². The van der Waals surface area contributed by atoms with Gasteiger partial charge in [-0.1, -0.05) is 45.4 Å². The van der Waals surface area contributed by atoms with Gasteiger partial charge in [0.15, 0.2) is 0 Å².